The molecule has 0 amide bonds. The topological polar surface area (TPSA) is 24.6 Å². The molecule has 2 aliphatic heterocycles. The smallest absolute Gasteiger partial charge is 0.252 e. The van der Waals surface area contributed by atoms with Gasteiger partial charge in [-0.25, -0.2) is 0 Å². The Morgan fingerprint density at radius 1 is 0.212 bits per heavy atom. The highest BCUT2D eigenvalue weighted by atomic mass is 15.1. The van der Waals surface area contributed by atoms with Crippen LogP contribution in [0.25, 0.3) is 203 Å². The summed E-state index contributed by atoms with van der Waals surface area (Å²) in [5.41, 5.74) is 16.4. The van der Waals surface area contributed by atoms with Crippen LogP contribution in [0.5, 0.6) is 0 Å². The van der Waals surface area contributed by atoms with Gasteiger partial charge in [-0.15, -0.1) is 0 Å². The summed E-state index contributed by atoms with van der Waals surface area (Å²) >= 11 is 0. The summed E-state index contributed by atoms with van der Waals surface area (Å²) < 4.78 is 172. The molecule has 0 aliphatic carbocycles. The highest BCUT2D eigenvalue weighted by Crippen LogP contribution is 2.52. The van der Waals surface area contributed by atoms with Crippen LogP contribution in [0.2, 0.25) is 0 Å². The molecule has 7 heterocycles. The van der Waals surface area contributed by atoms with Gasteiger partial charge < -0.3 is 22.8 Å². The van der Waals surface area contributed by atoms with Crippen molar-refractivity contribution in [2.24, 2.45) is 0 Å². The van der Waals surface area contributed by atoms with E-state index < -0.39 is 136 Å². The predicted molar refractivity (Wildman–Crippen MR) is 571 cm³/mol. The Morgan fingerprint density at radius 2 is 0.530 bits per heavy atom. The Hall–Kier alpha value is -14.2. The molecule has 0 radical (unpaired) electrons. The first-order chi connectivity index (χ1) is 70.0. The van der Waals surface area contributed by atoms with Gasteiger partial charge in [0.1, 0.15) is 0 Å². The van der Waals surface area contributed by atoms with Crippen molar-refractivity contribution in [1.29, 1.82) is 0 Å². The van der Waals surface area contributed by atoms with Crippen LogP contribution in [0.15, 0.2) is 339 Å². The van der Waals surface area contributed by atoms with Gasteiger partial charge in [0.15, 0.2) is 0 Å². The lowest BCUT2D eigenvalue weighted by Gasteiger charge is -2.38. The molecule has 6 heteroatoms. The third kappa shape index (κ3) is 12.2. The van der Waals surface area contributed by atoms with Crippen LogP contribution in [-0.2, 0) is 32.5 Å². The summed E-state index contributed by atoms with van der Waals surface area (Å²) in [6, 6.07) is 79.5. The van der Waals surface area contributed by atoms with E-state index in [1.54, 1.807) is 9.13 Å². The van der Waals surface area contributed by atoms with Crippen molar-refractivity contribution in [3.63, 3.8) is 0 Å². The lowest BCUT2D eigenvalue weighted by atomic mass is 9.34. The molecule has 0 fully saturated rings. The van der Waals surface area contributed by atoms with Gasteiger partial charge in [0.05, 0.1) is 94.2 Å². The van der Waals surface area contributed by atoms with E-state index in [-0.39, 0.29) is 43.6 Å². The number of nitrogens with zero attached hydrogens (tertiary/aromatic N) is 5. The number of aromatic nitrogens is 5. The molecule has 0 unspecified atom stereocenters. The van der Waals surface area contributed by atoms with E-state index in [1.165, 1.54) is 0 Å². The Labute approximate surface area is 796 Å². The molecule has 2 aliphatic rings. The van der Waals surface area contributed by atoms with Gasteiger partial charge in [-0.2, -0.15) is 0 Å². The molecular weight excluding hydrogens is 1590 g/mol. The minimum Gasteiger partial charge on any atom is -0.309 e. The van der Waals surface area contributed by atoms with Gasteiger partial charge in [0, 0.05) is 76.4 Å². The predicted octanol–water partition coefficient (Wildman–Crippen LogP) is 32.3. The molecule has 24 rings (SSSR count). The second-order valence-electron chi connectivity index (χ2n) is 42.8. The van der Waals surface area contributed by atoms with E-state index in [1.807, 2.05) is 24.3 Å². The van der Waals surface area contributed by atoms with E-state index in [0.29, 0.717) is 55.3 Å². The van der Waals surface area contributed by atoms with Gasteiger partial charge in [0.25, 0.3) is 6.71 Å². The summed E-state index contributed by atoms with van der Waals surface area (Å²) in [5, 5.41) is 10.8. The van der Waals surface area contributed by atoms with Crippen LogP contribution in [0.3, 0.4) is 0 Å². The zero-order valence-electron chi connectivity index (χ0n) is 93.9. The number of hydrogen-bond donors (Lipinski definition) is 0. The molecule has 17 aromatic carbocycles. The first-order valence-corrected chi connectivity index (χ1v) is 46.2. The lowest BCUT2D eigenvalue weighted by Crippen LogP contribution is -2.60. The van der Waals surface area contributed by atoms with Crippen LogP contribution in [0.1, 0.15) is 180 Å². The quantitative estimate of drug-likeness (QED) is 0.153. The minimum atomic E-state index is -0.976. The van der Waals surface area contributed by atoms with Gasteiger partial charge in [-0.1, -0.05) is 367 Å². The summed E-state index contributed by atoms with van der Waals surface area (Å²) in [6.45, 7) is 39.6. The van der Waals surface area contributed by atoms with Crippen LogP contribution >= 0.6 is 0 Å². The molecule has 132 heavy (non-hydrogen) atoms. The fraction of sp³-hybridized carbons (Fsp3) is 0.190. The van der Waals surface area contributed by atoms with Crippen molar-refractivity contribution in [3.8, 4) is 50.7 Å². The highest BCUT2D eigenvalue weighted by Gasteiger charge is 2.43. The standard InChI is InChI=1S/C126H110BN5/c1-121(2,3)77-39-35-37-75(65-77)96-69-81(125(13,14)15)71-100-98-67-79(123(7,8)9)57-59-86(98)84-41-19-21-49-94(84)114-110(129-106-53-31-25-45-90(106)91-46-26-32-54-107(91)129)63-61-102-119(114)131(117(96)100)112-73-83(128-104-51-29-23-43-88(104)89-44-24-30-52-105(89)128)74-113-116(112)127(102)103-62-64-111(130-108-55-33-27-47-92(108)93-48-28-34-56-109(93)130)115-95-50-22-20-42-85(95)87-60-58-80(124(10,11)12)68-99(87)101-72-82(126(16,17)18)70-97(118(101)132(113)120(103)115)76-38-36-40-78(66-76)122(4,5)6/h19-74H,1-18H3/i25D,26D,27D,28D,31D,32D,33D,34D,45D,46D,47D,48D,53D,54D,55D,56D. The molecular formula is C126H110BN5. The Kier molecular flexibility index (Phi) is 14.2. The molecule has 642 valence electrons. The number of para-hydroxylation sites is 6. The van der Waals surface area contributed by atoms with E-state index in [0.717, 1.165) is 154 Å². The molecule has 0 saturated heterocycles. The van der Waals surface area contributed by atoms with Gasteiger partial charge >= 0.3 is 0 Å². The third-order valence-corrected chi connectivity index (χ3v) is 28.5. The number of fused-ring (bicyclic) bond motifs is 27. The summed E-state index contributed by atoms with van der Waals surface area (Å²) in [5.74, 6) is 0. The van der Waals surface area contributed by atoms with Crippen molar-refractivity contribution < 1.29 is 21.9 Å². The fourth-order valence-corrected chi connectivity index (χ4v) is 21.7. The third-order valence-electron chi connectivity index (χ3n) is 28.5. The van der Waals surface area contributed by atoms with E-state index in [9.17, 15) is 21.9 Å². The molecule has 0 spiro atoms. The molecule has 0 bridgehead atoms. The van der Waals surface area contributed by atoms with Crippen molar-refractivity contribution in [1.82, 2.24) is 22.8 Å². The summed E-state index contributed by atoms with van der Waals surface area (Å²) in [4.78, 5) is 0. The Balaban J connectivity index is 1.10. The Morgan fingerprint density at radius 3 is 0.894 bits per heavy atom. The molecule has 0 N–H and O–H groups in total. The molecule has 22 aromatic rings. The van der Waals surface area contributed by atoms with E-state index in [2.05, 4.69) is 357 Å². The molecule has 5 nitrogen and oxygen atoms in total. The second kappa shape index (κ2) is 28.7. The number of hydrogen-bond acceptors (Lipinski definition) is 0. The van der Waals surface area contributed by atoms with Crippen LogP contribution in [0.4, 0.5) is 0 Å². The first-order valence-electron chi connectivity index (χ1n) is 54.2. The van der Waals surface area contributed by atoms with Crippen LogP contribution in [-0.4, -0.2) is 29.5 Å². The van der Waals surface area contributed by atoms with Gasteiger partial charge in [0.2, 0.25) is 0 Å². The maximum Gasteiger partial charge on any atom is 0.252 e. The maximum absolute atomic E-state index is 10.6. The fourth-order valence-electron chi connectivity index (χ4n) is 21.7. The first kappa shape index (κ1) is 65.4. The SMILES string of the molecule is [2H]c1c([2H])c([2H])c2c(c1[2H])c1c([2H])c([2H])c([2H])c([2H])c1n2-c1ccc2c3c1c1ccccc1c1ccc(C(C)(C)C)cc1c1cc(C(C)(C)C)cc(-c4cccc(C(C)(C)C)c4)c1n3-c1cc(-n3c4ccccc4c4ccccc43)cc3c1B2c1ccc(-n2c4c([2H])c([2H])c([2H])c([2H])c4c4c([2H])c([2H])c([2H])c([2H])c42)c2c4ccccc4c4ccc(C(C)(C)C)cc4c4cc(C(C)(C)C)cc(-c5cccc(C(C)(C)C)c5)c4n-3c12. The van der Waals surface area contributed by atoms with Gasteiger partial charge in [-0.05, 0) is 233 Å². The average molecular weight is 1720 g/mol. The van der Waals surface area contributed by atoms with Crippen molar-refractivity contribution in [2.45, 2.75) is 157 Å². The lowest BCUT2D eigenvalue weighted by molar-refractivity contribution is 0.589. The summed E-state index contributed by atoms with van der Waals surface area (Å²) in [7, 11) is 0. The number of rotatable bonds is 5. The second-order valence-corrected chi connectivity index (χ2v) is 42.8. The summed E-state index contributed by atoms with van der Waals surface area (Å²) in [6.07, 6.45) is 0. The van der Waals surface area contributed by atoms with E-state index in [4.69, 9.17) is 0 Å². The molecule has 5 aromatic heterocycles. The number of benzene rings is 17. The molecule has 0 saturated carbocycles. The zero-order valence-corrected chi connectivity index (χ0v) is 77.9. The van der Waals surface area contributed by atoms with Crippen molar-refractivity contribution >= 4 is 175 Å². The maximum atomic E-state index is 10.6. The normalized spacial score (nSPS) is 14.9. The van der Waals surface area contributed by atoms with Crippen molar-refractivity contribution in [3.05, 3.63) is 373 Å². The zero-order chi connectivity index (χ0) is 105. The highest BCUT2D eigenvalue weighted by molar-refractivity contribution is 7.00. The van der Waals surface area contributed by atoms with Crippen molar-refractivity contribution in [2.75, 3.05) is 0 Å². The minimum absolute atomic E-state index is 0.0714. The van der Waals surface area contributed by atoms with Gasteiger partial charge in [-0.3, -0.25) is 0 Å². The van der Waals surface area contributed by atoms with Crippen LogP contribution < -0.4 is 16.4 Å². The van der Waals surface area contributed by atoms with E-state index >= 15 is 0 Å². The van der Waals surface area contributed by atoms with Crippen LogP contribution in [0, 0.1) is 0 Å². The Bertz CT molecular complexity index is 9300. The average Bonchev–Trinajstić information content (AvgIpc) is 1.30. The largest absolute Gasteiger partial charge is 0.309 e. The monoisotopic (exact) mass is 1720 g/mol. The molecule has 0 atom stereocenters.